The Kier molecular flexibility index (Phi) is 3.48. The van der Waals surface area contributed by atoms with Gasteiger partial charge in [-0.1, -0.05) is 18.2 Å². The van der Waals surface area contributed by atoms with Gasteiger partial charge < -0.3 is 15.6 Å². The lowest BCUT2D eigenvalue weighted by Gasteiger charge is -2.11. The van der Waals surface area contributed by atoms with Crippen LogP contribution in [-0.4, -0.2) is 18.2 Å². The number of ether oxygens (including phenoxy) is 1. The molecule has 0 fully saturated rings. The van der Waals surface area contributed by atoms with Crippen molar-refractivity contribution in [3.05, 3.63) is 29.8 Å². The molecule has 0 radical (unpaired) electrons. The number of carbonyl (C=O) groups is 1. The molecule has 4 heteroatoms. The Balaban J connectivity index is 2.74. The zero-order valence-electron chi connectivity index (χ0n) is 7.93. The summed E-state index contributed by atoms with van der Waals surface area (Å²) in [5.74, 6) is -0.287. The van der Waals surface area contributed by atoms with Crippen molar-refractivity contribution < 1.29 is 14.6 Å². The van der Waals surface area contributed by atoms with Crippen molar-refractivity contribution in [3.8, 4) is 5.75 Å². The second kappa shape index (κ2) is 4.62. The maximum Gasteiger partial charge on any atom is 0.307 e. The smallest absolute Gasteiger partial charge is 0.307 e. The zero-order valence-corrected chi connectivity index (χ0v) is 7.93. The molecule has 1 atom stereocenters. The summed E-state index contributed by atoms with van der Waals surface area (Å²) in [5.41, 5.74) is 6.27. The Morgan fingerprint density at radius 3 is 2.79 bits per heavy atom. The molecule has 0 bridgehead atoms. The molecule has 76 valence electrons. The monoisotopic (exact) mass is 195 g/mol. The van der Waals surface area contributed by atoms with E-state index in [1.54, 1.807) is 18.2 Å². The molecule has 0 heterocycles. The second-order valence-electron chi connectivity index (χ2n) is 2.95. The first kappa shape index (κ1) is 10.5. The summed E-state index contributed by atoms with van der Waals surface area (Å²) in [7, 11) is 1.31. The number of para-hydroxylation sites is 1. The van der Waals surface area contributed by atoms with Crippen molar-refractivity contribution in [1.29, 1.82) is 0 Å². The van der Waals surface area contributed by atoms with E-state index in [2.05, 4.69) is 4.74 Å². The summed E-state index contributed by atoms with van der Waals surface area (Å²) in [5, 5.41) is 9.43. The molecule has 1 rings (SSSR count). The predicted molar refractivity (Wildman–Crippen MR) is 51.7 cm³/mol. The normalized spacial score (nSPS) is 12.1. The number of phenols is 1. The van der Waals surface area contributed by atoms with E-state index < -0.39 is 6.04 Å². The largest absolute Gasteiger partial charge is 0.508 e. The molecule has 0 aliphatic heterocycles. The van der Waals surface area contributed by atoms with Crippen LogP contribution in [-0.2, 0) is 9.53 Å². The number of esters is 1. The average molecular weight is 195 g/mol. The van der Waals surface area contributed by atoms with Crippen molar-refractivity contribution in [2.75, 3.05) is 7.11 Å². The van der Waals surface area contributed by atoms with Gasteiger partial charge in [0, 0.05) is 11.6 Å². The Bertz CT molecular complexity index is 325. The number of hydrogen-bond acceptors (Lipinski definition) is 4. The summed E-state index contributed by atoms with van der Waals surface area (Å²) < 4.78 is 4.48. The third kappa shape index (κ3) is 2.47. The van der Waals surface area contributed by atoms with Crippen LogP contribution in [0.25, 0.3) is 0 Å². The van der Waals surface area contributed by atoms with Crippen LogP contribution in [0.5, 0.6) is 5.75 Å². The minimum absolute atomic E-state index is 0.0636. The van der Waals surface area contributed by atoms with E-state index in [1.165, 1.54) is 13.2 Å². The SMILES string of the molecule is COC(=O)C[C@@H](N)c1ccccc1O. The summed E-state index contributed by atoms with van der Waals surface area (Å²) in [6.45, 7) is 0. The van der Waals surface area contributed by atoms with Crippen LogP contribution in [0.3, 0.4) is 0 Å². The number of methoxy groups -OCH3 is 1. The third-order valence-corrected chi connectivity index (χ3v) is 1.95. The highest BCUT2D eigenvalue weighted by atomic mass is 16.5. The number of nitrogens with two attached hydrogens (primary N) is 1. The summed E-state index contributed by atoms with van der Waals surface area (Å²) in [6.07, 6.45) is 0.0636. The van der Waals surface area contributed by atoms with Crippen LogP contribution in [0.1, 0.15) is 18.0 Å². The van der Waals surface area contributed by atoms with Gasteiger partial charge in [0.2, 0.25) is 0 Å². The highest BCUT2D eigenvalue weighted by Gasteiger charge is 2.14. The molecule has 0 aliphatic rings. The Hall–Kier alpha value is -1.55. The molecular weight excluding hydrogens is 182 g/mol. The third-order valence-electron chi connectivity index (χ3n) is 1.95. The van der Waals surface area contributed by atoms with E-state index in [4.69, 9.17) is 5.73 Å². The van der Waals surface area contributed by atoms with Gasteiger partial charge in [0.15, 0.2) is 0 Å². The molecule has 0 unspecified atom stereocenters. The van der Waals surface area contributed by atoms with Crippen LogP contribution in [0.4, 0.5) is 0 Å². The van der Waals surface area contributed by atoms with Crippen LogP contribution in [0.2, 0.25) is 0 Å². The number of rotatable bonds is 3. The molecule has 0 aliphatic carbocycles. The Labute approximate surface area is 82.3 Å². The molecule has 14 heavy (non-hydrogen) atoms. The lowest BCUT2D eigenvalue weighted by molar-refractivity contribution is -0.141. The maximum atomic E-state index is 10.9. The first-order chi connectivity index (χ1) is 6.65. The molecule has 0 saturated heterocycles. The number of hydrogen-bond donors (Lipinski definition) is 2. The van der Waals surface area contributed by atoms with Crippen LogP contribution >= 0.6 is 0 Å². The lowest BCUT2D eigenvalue weighted by Crippen LogP contribution is -2.16. The molecule has 1 aromatic rings. The molecule has 0 spiro atoms. The average Bonchev–Trinajstić information content (AvgIpc) is 2.18. The number of aromatic hydroxyl groups is 1. The predicted octanol–water partition coefficient (Wildman–Crippen LogP) is 0.955. The van der Waals surface area contributed by atoms with E-state index in [0.29, 0.717) is 5.56 Å². The first-order valence-corrected chi connectivity index (χ1v) is 4.25. The van der Waals surface area contributed by atoms with Gasteiger partial charge in [0.25, 0.3) is 0 Å². The van der Waals surface area contributed by atoms with Crippen LogP contribution in [0, 0.1) is 0 Å². The minimum atomic E-state index is -0.524. The lowest BCUT2D eigenvalue weighted by atomic mass is 10.0. The minimum Gasteiger partial charge on any atom is -0.508 e. The summed E-state index contributed by atoms with van der Waals surface area (Å²) in [4.78, 5) is 10.9. The van der Waals surface area contributed by atoms with Gasteiger partial charge in [-0.3, -0.25) is 4.79 Å². The number of phenolic OH excluding ortho intramolecular Hbond substituents is 1. The highest BCUT2D eigenvalue weighted by molar-refractivity contribution is 5.70. The molecular formula is C10H13NO3. The molecule has 3 N–H and O–H groups in total. The van der Waals surface area contributed by atoms with Gasteiger partial charge >= 0.3 is 5.97 Å². The second-order valence-corrected chi connectivity index (χ2v) is 2.95. The molecule has 4 nitrogen and oxygen atoms in total. The fourth-order valence-corrected chi connectivity index (χ4v) is 1.17. The van der Waals surface area contributed by atoms with Crippen LogP contribution in [0.15, 0.2) is 24.3 Å². The Morgan fingerprint density at radius 1 is 1.57 bits per heavy atom. The number of carbonyl (C=O) groups excluding carboxylic acids is 1. The highest BCUT2D eigenvalue weighted by Crippen LogP contribution is 2.23. The summed E-state index contributed by atoms with van der Waals surface area (Å²) in [6, 6.07) is 6.15. The quantitative estimate of drug-likeness (QED) is 0.704. The van der Waals surface area contributed by atoms with Gasteiger partial charge in [-0.25, -0.2) is 0 Å². The van der Waals surface area contributed by atoms with E-state index in [1.807, 2.05) is 0 Å². The number of benzene rings is 1. The fraction of sp³-hybridized carbons (Fsp3) is 0.300. The zero-order chi connectivity index (χ0) is 10.6. The molecule has 0 saturated carbocycles. The van der Waals surface area contributed by atoms with Crippen molar-refractivity contribution in [2.45, 2.75) is 12.5 Å². The fourth-order valence-electron chi connectivity index (χ4n) is 1.17. The van der Waals surface area contributed by atoms with Crippen molar-refractivity contribution in [2.24, 2.45) is 5.73 Å². The van der Waals surface area contributed by atoms with Gasteiger partial charge in [-0.15, -0.1) is 0 Å². The van der Waals surface area contributed by atoms with Gasteiger partial charge in [0.05, 0.1) is 13.5 Å². The van der Waals surface area contributed by atoms with E-state index >= 15 is 0 Å². The maximum absolute atomic E-state index is 10.9. The summed E-state index contributed by atoms with van der Waals surface area (Å²) >= 11 is 0. The standard InChI is InChI=1S/C10H13NO3/c1-14-10(13)6-8(11)7-4-2-3-5-9(7)12/h2-5,8,12H,6,11H2,1H3/t8-/m1/s1. The van der Waals surface area contributed by atoms with Crippen molar-refractivity contribution in [3.63, 3.8) is 0 Å². The molecule has 0 aromatic heterocycles. The molecule has 1 aromatic carbocycles. The van der Waals surface area contributed by atoms with E-state index in [-0.39, 0.29) is 18.1 Å². The van der Waals surface area contributed by atoms with Gasteiger partial charge in [0.1, 0.15) is 5.75 Å². The molecule has 0 amide bonds. The van der Waals surface area contributed by atoms with Crippen molar-refractivity contribution >= 4 is 5.97 Å². The van der Waals surface area contributed by atoms with E-state index in [9.17, 15) is 9.90 Å². The van der Waals surface area contributed by atoms with Crippen molar-refractivity contribution in [1.82, 2.24) is 0 Å². The van der Waals surface area contributed by atoms with Crippen LogP contribution < -0.4 is 5.73 Å². The van der Waals surface area contributed by atoms with E-state index in [0.717, 1.165) is 0 Å². The van der Waals surface area contributed by atoms with Gasteiger partial charge in [-0.2, -0.15) is 0 Å². The topological polar surface area (TPSA) is 72.5 Å². The van der Waals surface area contributed by atoms with Gasteiger partial charge in [-0.05, 0) is 6.07 Å². The first-order valence-electron chi connectivity index (χ1n) is 4.25. The Morgan fingerprint density at radius 2 is 2.21 bits per heavy atom.